The standard InChI is InChI=1S/C14H17BrClNO2/c1-10-8-17(7-6-13(10)15)14(18)9-19-12-4-2-11(16)3-5-12/h2-5,10,13H,6-9H2,1H3. The molecule has 1 saturated heterocycles. The summed E-state index contributed by atoms with van der Waals surface area (Å²) in [5.41, 5.74) is 0. The minimum atomic E-state index is 0.0428. The van der Waals surface area contributed by atoms with Crippen molar-refractivity contribution in [3.63, 3.8) is 0 Å². The molecule has 3 nitrogen and oxygen atoms in total. The molecule has 1 aliphatic heterocycles. The van der Waals surface area contributed by atoms with Gasteiger partial charge in [-0.05, 0) is 36.6 Å². The van der Waals surface area contributed by atoms with Crippen LogP contribution >= 0.6 is 27.5 Å². The number of piperidine rings is 1. The summed E-state index contributed by atoms with van der Waals surface area (Å²) in [6, 6.07) is 7.03. The molecule has 0 saturated carbocycles. The Morgan fingerprint density at radius 3 is 2.79 bits per heavy atom. The van der Waals surface area contributed by atoms with Gasteiger partial charge in [0.2, 0.25) is 0 Å². The number of nitrogens with zero attached hydrogens (tertiary/aromatic N) is 1. The van der Waals surface area contributed by atoms with Gasteiger partial charge in [0.15, 0.2) is 6.61 Å². The molecule has 0 N–H and O–H groups in total. The Bertz CT molecular complexity index is 438. The van der Waals surface area contributed by atoms with Crippen LogP contribution in [0.25, 0.3) is 0 Å². The molecule has 5 heteroatoms. The van der Waals surface area contributed by atoms with Gasteiger partial charge < -0.3 is 9.64 Å². The summed E-state index contributed by atoms with van der Waals surface area (Å²) in [7, 11) is 0. The molecule has 0 aromatic heterocycles. The molecule has 0 aliphatic carbocycles. The Morgan fingerprint density at radius 1 is 1.47 bits per heavy atom. The van der Waals surface area contributed by atoms with Crippen LogP contribution in [-0.2, 0) is 4.79 Å². The van der Waals surface area contributed by atoms with Crippen LogP contribution in [0.2, 0.25) is 5.02 Å². The molecule has 0 radical (unpaired) electrons. The summed E-state index contributed by atoms with van der Waals surface area (Å²) in [6.07, 6.45) is 0.994. The molecule has 2 unspecified atom stereocenters. The predicted octanol–water partition coefficient (Wildman–Crippen LogP) is 3.35. The molecule has 1 fully saturated rings. The second-order valence-electron chi connectivity index (χ2n) is 4.86. The fraction of sp³-hybridized carbons (Fsp3) is 0.500. The van der Waals surface area contributed by atoms with Gasteiger partial charge in [0.25, 0.3) is 5.91 Å². The van der Waals surface area contributed by atoms with E-state index >= 15 is 0 Å². The van der Waals surface area contributed by atoms with Crippen LogP contribution in [0.1, 0.15) is 13.3 Å². The number of amides is 1. The van der Waals surface area contributed by atoms with E-state index in [0.29, 0.717) is 21.5 Å². The molecule has 1 aromatic rings. The summed E-state index contributed by atoms with van der Waals surface area (Å²) in [6.45, 7) is 3.82. The number of carbonyl (C=O) groups excluding carboxylic acids is 1. The molecular formula is C14H17BrClNO2. The van der Waals surface area contributed by atoms with E-state index in [-0.39, 0.29) is 12.5 Å². The maximum Gasteiger partial charge on any atom is 0.260 e. The van der Waals surface area contributed by atoms with Gasteiger partial charge in [-0.25, -0.2) is 0 Å². The first-order chi connectivity index (χ1) is 9.06. The van der Waals surface area contributed by atoms with Crippen LogP contribution in [0.15, 0.2) is 24.3 Å². The number of rotatable bonds is 3. The van der Waals surface area contributed by atoms with E-state index in [9.17, 15) is 4.79 Å². The summed E-state index contributed by atoms with van der Waals surface area (Å²) in [5.74, 6) is 1.19. The molecule has 1 aliphatic rings. The zero-order valence-corrected chi connectivity index (χ0v) is 13.2. The first-order valence-electron chi connectivity index (χ1n) is 6.36. The van der Waals surface area contributed by atoms with E-state index in [2.05, 4.69) is 22.9 Å². The van der Waals surface area contributed by atoms with Crippen LogP contribution in [-0.4, -0.2) is 35.3 Å². The molecule has 2 rings (SSSR count). The van der Waals surface area contributed by atoms with Crippen molar-refractivity contribution < 1.29 is 9.53 Å². The van der Waals surface area contributed by atoms with Crippen LogP contribution in [0.5, 0.6) is 5.75 Å². The zero-order chi connectivity index (χ0) is 13.8. The van der Waals surface area contributed by atoms with Gasteiger partial charge in [0.1, 0.15) is 5.75 Å². The smallest absolute Gasteiger partial charge is 0.260 e. The fourth-order valence-corrected chi connectivity index (χ4v) is 2.61. The highest BCUT2D eigenvalue weighted by Gasteiger charge is 2.26. The molecule has 19 heavy (non-hydrogen) atoms. The number of benzene rings is 1. The number of halogens is 2. The Morgan fingerprint density at radius 2 is 2.16 bits per heavy atom. The Labute approximate surface area is 127 Å². The largest absolute Gasteiger partial charge is 0.484 e. The summed E-state index contributed by atoms with van der Waals surface area (Å²) < 4.78 is 5.48. The van der Waals surface area contributed by atoms with Crippen molar-refractivity contribution in [1.29, 1.82) is 0 Å². The number of likely N-dealkylation sites (tertiary alicyclic amines) is 1. The molecule has 104 valence electrons. The highest BCUT2D eigenvalue weighted by atomic mass is 79.9. The van der Waals surface area contributed by atoms with Crippen LogP contribution < -0.4 is 4.74 Å². The Balaban J connectivity index is 1.83. The molecule has 0 spiro atoms. The lowest BCUT2D eigenvalue weighted by Crippen LogP contribution is -2.45. The van der Waals surface area contributed by atoms with Crippen molar-refractivity contribution in [3.8, 4) is 5.75 Å². The first-order valence-corrected chi connectivity index (χ1v) is 7.66. The van der Waals surface area contributed by atoms with Crippen LogP contribution in [0.4, 0.5) is 0 Å². The summed E-state index contributed by atoms with van der Waals surface area (Å²) in [5, 5.41) is 0.659. The SMILES string of the molecule is CC1CN(C(=O)COc2ccc(Cl)cc2)CCC1Br. The van der Waals surface area contributed by atoms with Gasteiger partial charge in [-0.15, -0.1) is 0 Å². The van der Waals surface area contributed by atoms with E-state index in [1.54, 1.807) is 24.3 Å². The third kappa shape index (κ3) is 4.11. The number of hydrogen-bond acceptors (Lipinski definition) is 2. The van der Waals surface area contributed by atoms with Gasteiger partial charge >= 0.3 is 0 Å². The molecule has 1 heterocycles. The topological polar surface area (TPSA) is 29.5 Å². The van der Waals surface area contributed by atoms with Gasteiger partial charge in [0.05, 0.1) is 0 Å². The maximum atomic E-state index is 12.1. The van der Waals surface area contributed by atoms with Gasteiger partial charge in [-0.1, -0.05) is 34.5 Å². The summed E-state index contributed by atoms with van der Waals surface area (Å²) >= 11 is 9.42. The van der Waals surface area contributed by atoms with Crippen molar-refractivity contribution in [2.75, 3.05) is 19.7 Å². The second-order valence-corrected chi connectivity index (χ2v) is 6.48. The highest BCUT2D eigenvalue weighted by Crippen LogP contribution is 2.23. The Kier molecular flexibility index (Phi) is 5.11. The summed E-state index contributed by atoms with van der Waals surface area (Å²) in [4.78, 5) is 14.4. The first kappa shape index (κ1) is 14.7. The average Bonchev–Trinajstić information content (AvgIpc) is 2.41. The molecule has 0 bridgehead atoms. The highest BCUT2D eigenvalue weighted by molar-refractivity contribution is 9.09. The normalized spacial score (nSPS) is 23.2. The number of carbonyl (C=O) groups is 1. The van der Waals surface area contributed by atoms with Crippen LogP contribution in [0.3, 0.4) is 0 Å². The molecule has 2 atom stereocenters. The van der Waals surface area contributed by atoms with Crippen molar-refractivity contribution in [1.82, 2.24) is 4.90 Å². The average molecular weight is 347 g/mol. The minimum Gasteiger partial charge on any atom is -0.484 e. The molecular weight excluding hydrogens is 330 g/mol. The van der Waals surface area contributed by atoms with E-state index in [4.69, 9.17) is 16.3 Å². The molecule has 1 amide bonds. The quantitative estimate of drug-likeness (QED) is 0.786. The van der Waals surface area contributed by atoms with E-state index in [1.165, 1.54) is 0 Å². The van der Waals surface area contributed by atoms with Crippen molar-refractivity contribution in [3.05, 3.63) is 29.3 Å². The van der Waals surface area contributed by atoms with Gasteiger partial charge in [-0.3, -0.25) is 4.79 Å². The zero-order valence-electron chi connectivity index (χ0n) is 10.8. The van der Waals surface area contributed by atoms with Crippen molar-refractivity contribution in [2.45, 2.75) is 18.2 Å². The fourth-order valence-electron chi connectivity index (χ4n) is 2.11. The second kappa shape index (κ2) is 6.62. The number of alkyl halides is 1. The third-order valence-electron chi connectivity index (χ3n) is 3.33. The minimum absolute atomic E-state index is 0.0428. The Hall–Kier alpha value is -0.740. The number of hydrogen-bond donors (Lipinski definition) is 0. The monoisotopic (exact) mass is 345 g/mol. The lowest BCUT2D eigenvalue weighted by molar-refractivity contribution is -0.134. The number of ether oxygens (including phenoxy) is 1. The lowest BCUT2D eigenvalue weighted by atomic mass is 10.0. The maximum absolute atomic E-state index is 12.1. The van der Waals surface area contributed by atoms with Crippen molar-refractivity contribution >= 4 is 33.4 Å². The van der Waals surface area contributed by atoms with Gasteiger partial charge in [0, 0.05) is 22.9 Å². The van der Waals surface area contributed by atoms with E-state index < -0.39 is 0 Å². The van der Waals surface area contributed by atoms with E-state index in [1.807, 2.05) is 4.90 Å². The van der Waals surface area contributed by atoms with Crippen molar-refractivity contribution in [2.24, 2.45) is 5.92 Å². The predicted molar refractivity (Wildman–Crippen MR) is 80.0 cm³/mol. The third-order valence-corrected chi connectivity index (χ3v) is 4.94. The van der Waals surface area contributed by atoms with Crippen LogP contribution in [0, 0.1) is 5.92 Å². The van der Waals surface area contributed by atoms with Gasteiger partial charge in [-0.2, -0.15) is 0 Å². The lowest BCUT2D eigenvalue weighted by Gasteiger charge is -2.34. The molecule has 1 aromatic carbocycles. The van der Waals surface area contributed by atoms with E-state index in [0.717, 1.165) is 19.5 Å².